The summed E-state index contributed by atoms with van der Waals surface area (Å²) in [5.74, 6) is 0.484. The molecule has 2 aromatic heterocycles. The van der Waals surface area contributed by atoms with Crippen LogP contribution in [0.5, 0.6) is 17.4 Å². The number of aromatic nitrogens is 4. The van der Waals surface area contributed by atoms with Gasteiger partial charge in [0.15, 0.2) is 15.7 Å². The summed E-state index contributed by atoms with van der Waals surface area (Å²) in [7, 11) is -2.49. The van der Waals surface area contributed by atoms with Gasteiger partial charge in [0.1, 0.15) is 22.9 Å². The number of sulfone groups is 1. The number of hydrogen-bond acceptors (Lipinski definition) is 12. The lowest BCUT2D eigenvalue weighted by Crippen LogP contribution is -2.38. The number of hydrogen-bond donors (Lipinski definition) is 0. The Kier molecular flexibility index (Phi) is 16.5. The van der Waals surface area contributed by atoms with Gasteiger partial charge in [-0.05, 0) is 48.6 Å². The Morgan fingerprint density at radius 3 is 1.95 bits per heavy atom. The molecule has 16 heteroatoms. The Labute approximate surface area is 344 Å². The van der Waals surface area contributed by atoms with Crippen LogP contribution in [0.2, 0.25) is 0 Å². The van der Waals surface area contributed by atoms with Gasteiger partial charge in [-0.3, -0.25) is 4.57 Å². The number of benzene rings is 2. The van der Waals surface area contributed by atoms with E-state index < -0.39 is 31.7 Å². The van der Waals surface area contributed by atoms with Gasteiger partial charge in [-0.25, -0.2) is 26.1 Å². The quantitative estimate of drug-likeness (QED) is 0.0657. The van der Waals surface area contributed by atoms with E-state index in [9.17, 15) is 22.1 Å². The predicted molar refractivity (Wildman–Crippen MR) is 225 cm³/mol. The second kappa shape index (κ2) is 20.8. The molecule has 4 rings (SSSR count). The molecular weight excluding hydrogens is 781 g/mol. The molecule has 0 aliphatic carbocycles. The van der Waals surface area contributed by atoms with E-state index in [1.54, 1.807) is 41.0 Å². The molecule has 1 atom stereocenters. The molecule has 4 aromatic rings. The van der Waals surface area contributed by atoms with Crippen molar-refractivity contribution in [2.75, 3.05) is 51.3 Å². The monoisotopic (exact) mass is 838 g/mol. The molecule has 0 aliphatic heterocycles. The van der Waals surface area contributed by atoms with Crippen molar-refractivity contribution >= 4 is 25.8 Å². The van der Waals surface area contributed by atoms with Crippen LogP contribution >= 0.6 is 0 Å². The molecule has 0 saturated heterocycles. The fraction of sp³-hybridized carbons (Fsp3) is 0.524. The SMILES string of the molecule is COc1cccc(-c2nnc(N(CCCCCCCCCCCC(C)(C)C)S(=O)(=O)C[C@H](OC)c3ccc(C#N)cc3S(C)(=O)=O)n2-c2c(OC)cccc2OC)n1. The van der Waals surface area contributed by atoms with Crippen molar-refractivity contribution in [1.29, 1.82) is 5.26 Å². The van der Waals surface area contributed by atoms with Crippen LogP contribution < -0.4 is 18.5 Å². The first-order valence-corrected chi connectivity index (χ1v) is 23.0. The fourth-order valence-electron chi connectivity index (χ4n) is 6.78. The number of rotatable bonds is 23. The van der Waals surface area contributed by atoms with Gasteiger partial charge in [-0.2, -0.15) is 5.26 Å². The van der Waals surface area contributed by atoms with E-state index in [0.717, 1.165) is 31.9 Å². The Morgan fingerprint density at radius 1 is 0.793 bits per heavy atom. The van der Waals surface area contributed by atoms with Crippen LogP contribution in [0.3, 0.4) is 0 Å². The maximum Gasteiger partial charge on any atom is 0.246 e. The summed E-state index contributed by atoms with van der Waals surface area (Å²) in [5, 5.41) is 18.5. The number of anilines is 1. The molecule has 0 aliphatic rings. The molecular formula is C42H58N6O8S2. The Bertz CT molecular complexity index is 2210. The molecule has 316 valence electrons. The number of nitriles is 1. The standard InChI is InChI=1S/C42H58N6O8S2/c1-42(2,3)26-16-14-12-10-9-11-13-15-17-27-47(58(51,52)30-36(55-6)32-25-24-31(29-43)28-37(32)57(8,49)50)41-46-45-40(33-20-18-23-38(44-33)56-7)48(41)39-34(53-4)21-19-22-35(39)54-5/h18-25,28,36H,9-17,26-27,30H2,1-8H3/t36-/m0/s1. The third-order valence-corrected chi connectivity index (χ3v) is 12.7. The van der Waals surface area contributed by atoms with Crippen molar-refractivity contribution in [2.45, 2.75) is 96.0 Å². The van der Waals surface area contributed by atoms with Crippen molar-refractivity contribution in [2.24, 2.45) is 5.41 Å². The zero-order valence-electron chi connectivity index (χ0n) is 35.0. The first-order chi connectivity index (χ1) is 27.6. The zero-order chi connectivity index (χ0) is 42.5. The molecule has 0 unspecified atom stereocenters. The summed E-state index contributed by atoms with van der Waals surface area (Å²) < 4.78 is 81.1. The fourth-order valence-corrected chi connectivity index (χ4v) is 9.40. The maximum atomic E-state index is 14.9. The summed E-state index contributed by atoms with van der Waals surface area (Å²) in [4.78, 5) is 4.39. The lowest BCUT2D eigenvalue weighted by atomic mass is 9.89. The van der Waals surface area contributed by atoms with E-state index in [0.29, 0.717) is 40.6 Å². The number of ether oxygens (including phenoxy) is 4. The first kappa shape index (κ1) is 46.0. The molecule has 14 nitrogen and oxygen atoms in total. The van der Waals surface area contributed by atoms with Crippen LogP contribution in [0.1, 0.15) is 102 Å². The minimum Gasteiger partial charge on any atom is -0.494 e. The minimum absolute atomic E-state index is 0.0268. The van der Waals surface area contributed by atoms with Crippen LogP contribution in [0, 0.1) is 16.7 Å². The van der Waals surface area contributed by atoms with E-state index in [2.05, 4.69) is 36.0 Å². The molecule has 2 aromatic carbocycles. The van der Waals surface area contributed by atoms with Crippen LogP contribution in [0.15, 0.2) is 59.5 Å². The topological polar surface area (TPSA) is 176 Å². The van der Waals surface area contributed by atoms with E-state index in [1.165, 1.54) is 83.0 Å². The molecule has 0 N–H and O–H groups in total. The number of methoxy groups -OCH3 is 4. The summed E-state index contributed by atoms with van der Waals surface area (Å²) in [6.07, 6.45) is 10.1. The lowest BCUT2D eigenvalue weighted by Gasteiger charge is -2.27. The number of unbranched alkanes of at least 4 members (excludes halogenated alkanes) is 8. The van der Waals surface area contributed by atoms with Crippen molar-refractivity contribution in [3.8, 4) is 40.7 Å². The van der Waals surface area contributed by atoms with Crippen LogP contribution in [0.4, 0.5) is 5.95 Å². The summed E-state index contributed by atoms with van der Waals surface area (Å²) >= 11 is 0. The normalized spacial score (nSPS) is 12.5. The second-order valence-electron chi connectivity index (χ2n) is 15.4. The van der Waals surface area contributed by atoms with Crippen molar-refractivity contribution in [1.82, 2.24) is 19.7 Å². The molecule has 0 radical (unpaired) electrons. The Balaban J connectivity index is 1.76. The van der Waals surface area contributed by atoms with Crippen molar-refractivity contribution < 1.29 is 35.8 Å². The van der Waals surface area contributed by atoms with Gasteiger partial charge in [0.2, 0.25) is 21.9 Å². The van der Waals surface area contributed by atoms with E-state index in [-0.39, 0.29) is 34.3 Å². The smallest absolute Gasteiger partial charge is 0.246 e. The largest absolute Gasteiger partial charge is 0.494 e. The van der Waals surface area contributed by atoms with E-state index in [4.69, 9.17) is 18.9 Å². The van der Waals surface area contributed by atoms with Gasteiger partial charge in [0, 0.05) is 31.5 Å². The van der Waals surface area contributed by atoms with Gasteiger partial charge in [-0.15, -0.1) is 10.2 Å². The highest BCUT2D eigenvalue weighted by Crippen LogP contribution is 2.39. The van der Waals surface area contributed by atoms with Gasteiger partial charge in [0.25, 0.3) is 0 Å². The van der Waals surface area contributed by atoms with E-state index in [1.807, 2.05) is 6.07 Å². The van der Waals surface area contributed by atoms with Crippen LogP contribution in [-0.2, 0) is 24.6 Å². The number of nitrogens with zero attached hydrogens (tertiary/aromatic N) is 6. The molecule has 2 heterocycles. The van der Waals surface area contributed by atoms with Gasteiger partial charge in [0.05, 0.1) is 49.7 Å². The third kappa shape index (κ3) is 12.2. The molecule has 0 saturated carbocycles. The molecule has 0 spiro atoms. The molecule has 0 amide bonds. The molecule has 58 heavy (non-hydrogen) atoms. The number of pyridine rings is 1. The number of sulfonamides is 1. The summed E-state index contributed by atoms with van der Waals surface area (Å²) in [5.41, 5.74) is 1.26. The summed E-state index contributed by atoms with van der Waals surface area (Å²) in [6, 6.07) is 16.3. The van der Waals surface area contributed by atoms with Gasteiger partial charge < -0.3 is 18.9 Å². The Hall–Kier alpha value is -4.72. The highest BCUT2D eigenvalue weighted by atomic mass is 32.2. The average molecular weight is 839 g/mol. The van der Waals surface area contributed by atoms with Crippen molar-refractivity contribution in [3.05, 3.63) is 65.7 Å². The highest BCUT2D eigenvalue weighted by Gasteiger charge is 2.35. The zero-order valence-corrected chi connectivity index (χ0v) is 36.7. The predicted octanol–water partition coefficient (Wildman–Crippen LogP) is 8.10. The summed E-state index contributed by atoms with van der Waals surface area (Å²) in [6.45, 7) is 6.85. The highest BCUT2D eigenvalue weighted by molar-refractivity contribution is 7.92. The number of para-hydroxylation sites is 1. The Morgan fingerprint density at radius 2 is 1.40 bits per heavy atom. The minimum atomic E-state index is -4.39. The van der Waals surface area contributed by atoms with Crippen LogP contribution in [-0.4, -0.2) is 83.6 Å². The third-order valence-electron chi connectivity index (χ3n) is 9.82. The van der Waals surface area contributed by atoms with Crippen LogP contribution in [0.25, 0.3) is 17.2 Å². The van der Waals surface area contributed by atoms with Crippen molar-refractivity contribution in [3.63, 3.8) is 0 Å². The maximum absolute atomic E-state index is 14.9. The first-order valence-electron chi connectivity index (χ1n) is 19.5. The van der Waals surface area contributed by atoms with E-state index >= 15 is 0 Å². The average Bonchev–Trinajstić information content (AvgIpc) is 3.62. The second-order valence-corrected chi connectivity index (χ2v) is 19.4. The lowest BCUT2D eigenvalue weighted by molar-refractivity contribution is 0.119. The molecule has 0 bridgehead atoms. The molecule has 0 fully saturated rings. The van der Waals surface area contributed by atoms with Gasteiger partial charge in [-0.1, -0.05) is 90.3 Å². The van der Waals surface area contributed by atoms with Gasteiger partial charge >= 0.3 is 0 Å².